The number of carbonyl (C=O) groups is 1. The van der Waals surface area contributed by atoms with Gasteiger partial charge < -0.3 is 9.88 Å². The van der Waals surface area contributed by atoms with Gasteiger partial charge in [-0.25, -0.2) is 8.42 Å². The van der Waals surface area contributed by atoms with Gasteiger partial charge in [0.05, 0.1) is 10.9 Å². The predicted molar refractivity (Wildman–Crippen MR) is 109 cm³/mol. The second-order valence-electron chi connectivity index (χ2n) is 6.99. The van der Waals surface area contributed by atoms with Crippen molar-refractivity contribution in [2.24, 2.45) is 7.05 Å². The Morgan fingerprint density at radius 2 is 1.96 bits per heavy atom. The molecule has 2 aromatic rings. The van der Waals surface area contributed by atoms with Crippen LogP contribution in [0.3, 0.4) is 0 Å². The molecule has 1 fully saturated rings. The van der Waals surface area contributed by atoms with Crippen LogP contribution in [-0.4, -0.2) is 46.2 Å². The summed E-state index contributed by atoms with van der Waals surface area (Å²) in [5, 5.41) is 11.9. The second-order valence-corrected chi connectivity index (χ2v) is 9.62. The lowest BCUT2D eigenvalue weighted by Crippen LogP contribution is -2.32. The van der Waals surface area contributed by atoms with E-state index >= 15 is 0 Å². The molecule has 8 nitrogen and oxygen atoms in total. The van der Waals surface area contributed by atoms with Gasteiger partial charge >= 0.3 is 0 Å². The van der Waals surface area contributed by atoms with Crippen molar-refractivity contribution in [2.45, 2.75) is 49.7 Å². The molecule has 1 aliphatic rings. The van der Waals surface area contributed by atoms with Gasteiger partial charge in [0.25, 0.3) is 0 Å². The molecule has 1 aromatic heterocycles. The van der Waals surface area contributed by atoms with E-state index in [0.29, 0.717) is 35.6 Å². The lowest BCUT2D eigenvalue weighted by Gasteiger charge is -2.25. The number of nitrogens with one attached hydrogen (secondary N) is 1. The Balaban J connectivity index is 2.01. The standard InChI is InChI=1S/C18H25N5O3S2/c1-11-10-16(12(2)9-14(11)19-13(3)24)28(25,26)23-8-6-7-15(23)17-20-21-18(27-5)22(17)4/h9-10,15H,6-8H2,1-5H3,(H,19,24)/t15-/m1/s1. The van der Waals surface area contributed by atoms with Crippen LogP contribution in [-0.2, 0) is 21.9 Å². The van der Waals surface area contributed by atoms with Gasteiger partial charge in [0.1, 0.15) is 0 Å². The second kappa shape index (κ2) is 7.84. The highest BCUT2D eigenvalue weighted by molar-refractivity contribution is 7.98. The van der Waals surface area contributed by atoms with Gasteiger partial charge in [0.2, 0.25) is 15.9 Å². The molecule has 1 N–H and O–H groups in total. The maximum atomic E-state index is 13.5. The van der Waals surface area contributed by atoms with E-state index in [1.54, 1.807) is 26.0 Å². The van der Waals surface area contributed by atoms with E-state index in [1.165, 1.54) is 23.0 Å². The van der Waals surface area contributed by atoms with Crippen LogP contribution >= 0.6 is 11.8 Å². The van der Waals surface area contributed by atoms with E-state index in [9.17, 15) is 13.2 Å². The van der Waals surface area contributed by atoms with E-state index in [2.05, 4.69) is 15.5 Å². The van der Waals surface area contributed by atoms with Crippen molar-refractivity contribution >= 4 is 33.4 Å². The lowest BCUT2D eigenvalue weighted by molar-refractivity contribution is -0.114. The number of benzene rings is 1. The number of sulfonamides is 1. The first-order valence-corrected chi connectivity index (χ1v) is 11.7. The van der Waals surface area contributed by atoms with Crippen LogP contribution < -0.4 is 5.32 Å². The monoisotopic (exact) mass is 423 g/mol. The minimum atomic E-state index is -3.72. The van der Waals surface area contributed by atoms with Gasteiger partial charge in [0, 0.05) is 26.2 Å². The smallest absolute Gasteiger partial charge is 0.244 e. The third kappa shape index (κ3) is 3.68. The van der Waals surface area contributed by atoms with Gasteiger partial charge in [-0.1, -0.05) is 11.8 Å². The normalized spacial score (nSPS) is 17.8. The number of nitrogens with zero attached hydrogens (tertiary/aromatic N) is 4. The average Bonchev–Trinajstić information content (AvgIpc) is 3.23. The number of hydrogen-bond donors (Lipinski definition) is 1. The highest BCUT2D eigenvalue weighted by atomic mass is 32.2. The zero-order chi connectivity index (χ0) is 20.6. The maximum absolute atomic E-state index is 13.5. The minimum absolute atomic E-state index is 0.190. The molecule has 1 aliphatic heterocycles. The van der Waals surface area contributed by atoms with Crippen LogP contribution in [0.25, 0.3) is 0 Å². The summed E-state index contributed by atoms with van der Waals surface area (Å²) >= 11 is 1.48. The maximum Gasteiger partial charge on any atom is 0.244 e. The molecule has 1 aromatic carbocycles. The topological polar surface area (TPSA) is 97.2 Å². The lowest BCUT2D eigenvalue weighted by atomic mass is 10.1. The molecule has 0 aliphatic carbocycles. The average molecular weight is 424 g/mol. The van der Waals surface area contributed by atoms with Crippen LogP contribution in [0.1, 0.15) is 42.8 Å². The Kier molecular flexibility index (Phi) is 5.83. The number of anilines is 1. The zero-order valence-corrected chi connectivity index (χ0v) is 18.3. The fourth-order valence-electron chi connectivity index (χ4n) is 3.60. The summed E-state index contributed by atoms with van der Waals surface area (Å²) in [7, 11) is -1.85. The number of thioether (sulfide) groups is 1. The predicted octanol–water partition coefficient (Wildman–Crippen LogP) is 2.64. The first-order chi connectivity index (χ1) is 13.2. The van der Waals surface area contributed by atoms with Crippen LogP contribution in [0.4, 0.5) is 5.69 Å². The molecule has 2 heterocycles. The molecular weight excluding hydrogens is 398 g/mol. The number of aryl methyl sites for hydroxylation is 2. The molecule has 0 bridgehead atoms. The van der Waals surface area contributed by atoms with Crippen molar-refractivity contribution in [1.29, 1.82) is 0 Å². The van der Waals surface area contributed by atoms with Crippen molar-refractivity contribution < 1.29 is 13.2 Å². The van der Waals surface area contributed by atoms with Crippen LogP contribution in [0.2, 0.25) is 0 Å². The number of amides is 1. The Bertz CT molecular complexity index is 1020. The van der Waals surface area contributed by atoms with Crippen molar-refractivity contribution in [1.82, 2.24) is 19.1 Å². The number of rotatable bonds is 5. The van der Waals surface area contributed by atoms with Gasteiger partial charge in [-0.05, 0) is 56.2 Å². The third-order valence-corrected chi connectivity index (χ3v) is 7.74. The minimum Gasteiger partial charge on any atom is -0.326 e. The first-order valence-electron chi connectivity index (χ1n) is 9.00. The Morgan fingerprint density at radius 3 is 2.57 bits per heavy atom. The Labute approximate surface area is 169 Å². The van der Waals surface area contributed by atoms with Crippen molar-refractivity contribution in [2.75, 3.05) is 18.1 Å². The van der Waals surface area contributed by atoms with E-state index in [-0.39, 0.29) is 16.8 Å². The fraction of sp³-hybridized carbons (Fsp3) is 0.500. The Morgan fingerprint density at radius 1 is 1.25 bits per heavy atom. The summed E-state index contributed by atoms with van der Waals surface area (Å²) < 4.78 is 30.4. The van der Waals surface area contributed by atoms with E-state index in [1.807, 2.05) is 17.9 Å². The van der Waals surface area contributed by atoms with Gasteiger partial charge in [0.15, 0.2) is 11.0 Å². The molecule has 0 spiro atoms. The molecule has 28 heavy (non-hydrogen) atoms. The molecule has 10 heteroatoms. The quantitative estimate of drug-likeness (QED) is 0.743. The van der Waals surface area contributed by atoms with Gasteiger partial charge in [-0.15, -0.1) is 10.2 Å². The molecule has 152 valence electrons. The van der Waals surface area contributed by atoms with Gasteiger partial charge in [-0.3, -0.25) is 4.79 Å². The summed E-state index contributed by atoms with van der Waals surface area (Å²) in [6, 6.07) is 3.01. The van der Waals surface area contributed by atoms with Crippen LogP contribution in [0.15, 0.2) is 22.2 Å². The molecule has 1 atom stereocenters. The first kappa shape index (κ1) is 20.8. The van der Waals surface area contributed by atoms with Crippen molar-refractivity contribution in [3.05, 3.63) is 29.1 Å². The molecular formula is C18H25N5O3S2. The highest BCUT2D eigenvalue weighted by Gasteiger charge is 2.39. The number of carbonyl (C=O) groups excluding carboxylic acids is 1. The van der Waals surface area contributed by atoms with Crippen molar-refractivity contribution in [3.63, 3.8) is 0 Å². The van der Waals surface area contributed by atoms with E-state index < -0.39 is 10.0 Å². The molecule has 0 saturated carbocycles. The van der Waals surface area contributed by atoms with Crippen molar-refractivity contribution in [3.8, 4) is 0 Å². The molecule has 3 rings (SSSR count). The van der Waals surface area contributed by atoms with E-state index in [0.717, 1.165) is 11.6 Å². The van der Waals surface area contributed by atoms with Crippen LogP contribution in [0, 0.1) is 13.8 Å². The van der Waals surface area contributed by atoms with Crippen LogP contribution in [0.5, 0.6) is 0 Å². The van der Waals surface area contributed by atoms with E-state index in [4.69, 9.17) is 0 Å². The van der Waals surface area contributed by atoms with Gasteiger partial charge in [-0.2, -0.15) is 4.31 Å². The summed E-state index contributed by atoms with van der Waals surface area (Å²) in [5.74, 6) is 0.472. The zero-order valence-electron chi connectivity index (χ0n) is 16.7. The summed E-state index contributed by atoms with van der Waals surface area (Å²) in [5.41, 5.74) is 1.93. The highest BCUT2D eigenvalue weighted by Crippen LogP contribution is 2.38. The fourth-order valence-corrected chi connectivity index (χ4v) is 6.04. The Hall–Kier alpha value is -1.91. The molecule has 0 unspecified atom stereocenters. The SMILES string of the molecule is CSc1nnc([C@H]2CCCN2S(=O)(=O)c2cc(C)c(NC(C)=O)cc2C)n1C. The molecule has 1 amide bonds. The summed E-state index contributed by atoms with van der Waals surface area (Å²) in [6.45, 7) is 5.41. The number of aromatic nitrogens is 3. The number of hydrogen-bond acceptors (Lipinski definition) is 6. The third-order valence-electron chi connectivity index (χ3n) is 4.97. The largest absolute Gasteiger partial charge is 0.326 e. The molecule has 1 saturated heterocycles. The summed E-state index contributed by atoms with van der Waals surface area (Å²) in [6.07, 6.45) is 3.40. The summed E-state index contributed by atoms with van der Waals surface area (Å²) in [4.78, 5) is 11.6. The molecule has 0 radical (unpaired) electrons.